The van der Waals surface area contributed by atoms with E-state index >= 15 is 0 Å². The molecule has 1 fully saturated rings. The molecule has 1 heterocycles. The minimum Gasteiger partial charge on any atom is -0.389 e. The minimum absolute atomic E-state index is 0.154. The molecule has 1 aliphatic heterocycles. The van der Waals surface area contributed by atoms with Crippen molar-refractivity contribution in [2.45, 2.75) is 37.2 Å². The second kappa shape index (κ2) is 5.16. The number of hydrogen-bond donors (Lipinski definition) is 1. The number of rotatable bonds is 2. The Morgan fingerprint density at radius 2 is 2.11 bits per heavy atom. The second-order valence-corrected chi connectivity index (χ2v) is 8.17. The van der Waals surface area contributed by atoms with Crippen molar-refractivity contribution in [3.63, 3.8) is 0 Å². The molecule has 19 heavy (non-hydrogen) atoms. The number of aryl methyl sites for hydroxylation is 1. The molecule has 0 radical (unpaired) electrons. The zero-order chi connectivity index (χ0) is 14.3. The zero-order valence-electron chi connectivity index (χ0n) is 11.1. The second-order valence-electron chi connectivity index (χ2n) is 5.35. The van der Waals surface area contributed by atoms with Gasteiger partial charge in [0, 0.05) is 17.6 Å². The largest absolute Gasteiger partial charge is 0.389 e. The Balaban J connectivity index is 2.39. The lowest BCUT2D eigenvalue weighted by molar-refractivity contribution is 0.00939. The van der Waals surface area contributed by atoms with Crippen molar-refractivity contribution < 1.29 is 13.5 Å². The van der Waals surface area contributed by atoms with Gasteiger partial charge in [-0.2, -0.15) is 4.31 Å². The third kappa shape index (κ3) is 3.18. The van der Waals surface area contributed by atoms with Crippen LogP contribution in [-0.2, 0) is 10.0 Å². The Kier molecular flexibility index (Phi) is 4.07. The summed E-state index contributed by atoms with van der Waals surface area (Å²) in [6.07, 6.45) is 1.32. The SMILES string of the molecule is Cc1ccc(Br)cc1S(=O)(=O)N1CCCC(C)(O)C1. The molecule has 0 aromatic heterocycles. The first-order chi connectivity index (χ1) is 8.72. The summed E-state index contributed by atoms with van der Waals surface area (Å²) >= 11 is 3.30. The molecule has 0 amide bonds. The molecule has 106 valence electrons. The molecule has 1 aliphatic rings. The molecule has 1 saturated heterocycles. The van der Waals surface area contributed by atoms with Crippen molar-refractivity contribution in [3.8, 4) is 0 Å². The number of hydrogen-bond acceptors (Lipinski definition) is 3. The number of piperidine rings is 1. The van der Waals surface area contributed by atoms with Crippen molar-refractivity contribution in [2.75, 3.05) is 13.1 Å². The maximum atomic E-state index is 12.6. The predicted molar refractivity (Wildman–Crippen MR) is 77.5 cm³/mol. The Labute approximate surface area is 122 Å². The molecule has 1 N–H and O–H groups in total. The molecule has 0 bridgehead atoms. The van der Waals surface area contributed by atoms with Gasteiger partial charge in [0.15, 0.2) is 0 Å². The van der Waals surface area contributed by atoms with Crippen LogP contribution in [0.2, 0.25) is 0 Å². The van der Waals surface area contributed by atoms with E-state index in [0.29, 0.717) is 29.8 Å². The summed E-state index contributed by atoms with van der Waals surface area (Å²) in [7, 11) is -3.54. The molecule has 2 rings (SSSR count). The van der Waals surface area contributed by atoms with Crippen molar-refractivity contribution in [2.24, 2.45) is 0 Å². The maximum Gasteiger partial charge on any atom is 0.243 e. The number of benzene rings is 1. The smallest absolute Gasteiger partial charge is 0.243 e. The van der Waals surface area contributed by atoms with E-state index in [0.717, 1.165) is 4.47 Å². The average Bonchev–Trinajstić information content (AvgIpc) is 2.31. The lowest BCUT2D eigenvalue weighted by Gasteiger charge is -2.36. The number of halogens is 1. The Hall–Kier alpha value is -0.430. The third-order valence-corrected chi connectivity index (χ3v) is 5.89. The zero-order valence-corrected chi connectivity index (χ0v) is 13.5. The van der Waals surface area contributed by atoms with Crippen LogP contribution in [0.1, 0.15) is 25.3 Å². The van der Waals surface area contributed by atoms with E-state index in [1.54, 1.807) is 26.0 Å². The first kappa shape index (κ1) is 15.0. The van der Waals surface area contributed by atoms with E-state index < -0.39 is 15.6 Å². The van der Waals surface area contributed by atoms with E-state index in [2.05, 4.69) is 15.9 Å². The number of aliphatic hydroxyl groups is 1. The van der Waals surface area contributed by atoms with Gasteiger partial charge in [-0.05, 0) is 44.4 Å². The van der Waals surface area contributed by atoms with E-state index in [4.69, 9.17) is 0 Å². The summed E-state index contributed by atoms with van der Waals surface area (Å²) in [6.45, 7) is 4.08. The highest BCUT2D eigenvalue weighted by Gasteiger charge is 2.36. The highest BCUT2D eigenvalue weighted by molar-refractivity contribution is 9.10. The first-order valence-electron chi connectivity index (χ1n) is 6.21. The van der Waals surface area contributed by atoms with Crippen LogP contribution in [0.5, 0.6) is 0 Å². The Morgan fingerprint density at radius 3 is 2.74 bits per heavy atom. The molecular weight excluding hydrogens is 330 g/mol. The van der Waals surface area contributed by atoms with Gasteiger partial charge in [-0.3, -0.25) is 0 Å². The van der Waals surface area contributed by atoms with Crippen molar-refractivity contribution in [1.29, 1.82) is 0 Å². The number of sulfonamides is 1. The molecule has 4 nitrogen and oxygen atoms in total. The van der Waals surface area contributed by atoms with Crippen molar-refractivity contribution >= 4 is 26.0 Å². The fourth-order valence-electron chi connectivity index (χ4n) is 2.37. The van der Waals surface area contributed by atoms with Crippen LogP contribution in [0.3, 0.4) is 0 Å². The fourth-order valence-corrected chi connectivity index (χ4v) is 4.73. The van der Waals surface area contributed by atoms with Crippen molar-refractivity contribution in [3.05, 3.63) is 28.2 Å². The van der Waals surface area contributed by atoms with Crippen LogP contribution in [0.4, 0.5) is 0 Å². The molecule has 1 aromatic rings. The summed E-state index contributed by atoms with van der Waals surface area (Å²) in [4.78, 5) is 0.305. The molecular formula is C13H18BrNO3S. The molecule has 0 aliphatic carbocycles. The number of β-amino-alcohol motifs (C(OH)–C–C–N with tert-alkyl or cyclic N) is 1. The van der Waals surface area contributed by atoms with Crippen LogP contribution >= 0.6 is 15.9 Å². The predicted octanol–water partition coefficient (Wildman–Crippen LogP) is 2.29. The van der Waals surface area contributed by atoms with Crippen LogP contribution in [0.25, 0.3) is 0 Å². The number of nitrogens with zero attached hydrogens (tertiary/aromatic N) is 1. The highest BCUT2D eigenvalue weighted by atomic mass is 79.9. The van der Waals surface area contributed by atoms with Gasteiger partial charge in [0.2, 0.25) is 10.0 Å². The molecule has 1 unspecified atom stereocenters. The van der Waals surface area contributed by atoms with Gasteiger partial charge in [0.25, 0.3) is 0 Å². The van der Waals surface area contributed by atoms with E-state index in [-0.39, 0.29) is 6.54 Å². The van der Waals surface area contributed by atoms with Crippen molar-refractivity contribution in [1.82, 2.24) is 4.31 Å². The van der Waals surface area contributed by atoms with Gasteiger partial charge in [-0.15, -0.1) is 0 Å². The fraction of sp³-hybridized carbons (Fsp3) is 0.538. The standard InChI is InChI=1S/C13H18BrNO3S/c1-10-4-5-11(14)8-12(10)19(17,18)15-7-3-6-13(2,16)9-15/h4-5,8,16H,3,6-7,9H2,1-2H3. The van der Waals surface area contributed by atoms with E-state index in [1.807, 2.05) is 6.07 Å². The van der Waals surface area contributed by atoms with Crippen LogP contribution in [0.15, 0.2) is 27.6 Å². The van der Waals surface area contributed by atoms with Gasteiger partial charge >= 0.3 is 0 Å². The maximum absolute atomic E-state index is 12.6. The van der Waals surface area contributed by atoms with Crippen LogP contribution < -0.4 is 0 Å². The summed E-state index contributed by atoms with van der Waals surface area (Å²) in [5.74, 6) is 0. The monoisotopic (exact) mass is 347 g/mol. The van der Waals surface area contributed by atoms with Crippen LogP contribution in [-0.4, -0.2) is 36.5 Å². The Bertz CT molecular complexity index is 584. The molecule has 1 aromatic carbocycles. The minimum atomic E-state index is -3.54. The van der Waals surface area contributed by atoms with Crippen LogP contribution in [0, 0.1) is 6.92 Å². The molecule has 1 atom stereocenters. The van der Waals surface area contributed by atoms with E-state index in [9.17, 15) is 13.5 Å². The lowest BCUT2D eigenvalue weighted by Crippen LogP contribution is -2.48. The summed E-state index contributed by atoms with van der Waals surface area (Å²) in [6, 6.07) is 5.22. The first-order valence-corrected chi connectivity index (χ1v) is 8.44. The summed E-state index contributed by atoms with van der Waals surface area (Å²) < 4.78 is 27.4. The van der Waals surface area contributed by atoms with Gasteiger partial charge in [0.1, 0.15) is 0 Å². The molecule has 6 heteroatoms. The quantitative estimate of drug-likeness (QED) is 0.892. The normalized spacial score (nSPS) is 25.5. The third-order valence-electron chi connectivity index (χ3n) is 3.41. The Morgan fingerprint density at radius 1 is 1.42 bits per heavy atom. The summed E-state index contributed by atoms with van der Waals surface area (Å²) in [5.41, 5.74) is -0.223. The van der Waals surface area contributed by atoms with Gasteiger partial charge in [-0.1, -0.05) is 22.0 Å². The van der Waals surface area contributed by atoms with Gasteiger partial charge in [0.05, 0.1) is 10.5 Å². The summed E-state index contributed by atoms with van der Waals surface area (Å²) in [5, 5.41) is 10.1. The van der Waals surface area contributed by atoms with E-state index in [1.165, 1.54) is 4.31 Å². The molecule has 0 saturated carbocycles. The van der Waals surface area contributed by atoms with Gasteiger partial charge < -0.3 is 5.11 Å². The van der Waals surface area contributed by atoms with Gasteiger partial charge in [-0.25, -0.2) is 8.42 Å². The molecule has 0 spiro atoms. The topological polar surface area (TPSA) is 57.6 Å². The lowest BCUT2D eigenvalue weighted by atomic mass is 9.97. The average molecular weight is 348 g/mol. The highest BCUT2D eigenvalue weighted by Crippen LogP contribution is 2.28.